The lowest BCUT2D eigenvalue weighted by Gasteiger charge is -2.16. The summed E-state index contributed by atoms with van der Waals surface area (Å²) in [7, 11) is 0. The minimum Gasteiger partial charge on any atom is -0.446 e. The summed E-state index contributed by atoms with van der Waals surface area (Å²) >= 11 is 0. The van der Waals surface area contributed by atoms with Gasteiger partial charge in [-0.2, -0.15) is 0 Å². The molecule has 3 atom stereocenters. The molecule has 0 aliphatic carbocycles. The number of aliphatic hydroxyl groups excluding tert-OH is 1. The third-order valence-electron chi connectivity index (χ3n) is 3.16. The predicted octanol–water partition coefficient (Wildman–Crippen LogP) is -1.91. The van der Waals surface area contributed by atoms with Crippen LogP contribution in [0.4, 0.5) is 4.79 Å². The molecule has 0 unspecified atom stereocenters. The first kappa shape index (κ1) is 15.2. The van der Waals surface area contributed by atoms with Crippen LogP contribution in [0.1, 0.15) is 18.2 Å². The largest absolute Gasteiger partial charge is 0.446 e. The fourth-order valence-corrected chi connectivity index (χ4v) is 2.04. The van der Waals surface area contributed by atoms with Gasteiger partial charge in [-0.25, -0.2) is 15.4 Å². The Labute approximate surface area is 118 Å². The average Bonchev–Trinajstić information content (AvgIpc) is 2.81. The van der Waals surface area contributed by atoms with Crippen molar-refractivity contribution in [3.05, 3.63) is 32.6 Å². The second kappa shape index (κ2) is 6.08. The van der Waals surface area contributed by atoms with Crippen LogP contribution in [-0.4, -0.2) is 39.6 Å². The molecule has 1 aliphatic heterocycles. The van der Waals surface area contributed by atoms with E-state index in [4.69, 9.17) is 15.3 Å². The zero-order valence-corrected chi connectivity index (χ0v) is 11.2. The van der Waals surface area contributed by atoms with Gasteiger partial charge in [-0.05, 0) is 6.92 Å². The van der Waals surface area contributed by atoms with Crippen LogP contribution in [0.5, 0.6) is 0 Å². The monoisotopic (exact) mass is 300 g/mol. The Morgan fingerprint density at radius 2 is 2.38 bits per heavy atom. The van der Waals surface area contributed by atoms with Crippen molar-refractivity contribution < 1.29 is 19.4 Å². The van der Waals surface area contributed by atoms with Crippen molar-refractivity contribution in [2.75, 3.05) is 6.61 Å². The highest BCUT2D eigenvalue weighted by Gasteiger charge is 2.36. The number of aromatic amines is 1. The molecule has 5 N–H and O–H groups in total. The van der Waals surface area contributed by atoms with Crippen LogP contribution in [0.3, 0.4) is 0 Å². The second-order valence-electron chi connectivity index (χ2n) is 4.65. The number of carbonyl (C=O) groups is 1. The van der Waals surface area contributed by atoms with Crippen LogP contribution in [0.2, 0.25) is 0 Å². The number of hydrazine groups is 1. The lowest BCUT2D eigenvalue weighted by atomic mass is 10.2. The first-order valence-corrected chi connectivity index (χ1v) is 6.21. The summed E-state index contributed by atoms with van der Waals surface area (Å²) in [4.78, 5) is 36.1. The van der Waals surface area contributed by atoms with Crippen LogP contribution < -0.4 is 22.5 Å². The highest BCUT2D eigenvalue weighted by atomic mass is 16.6. The molecule has 0 saturated carbocycles. The Balaban J connectivity index is 2.10. The first-order chi connectivity index (χ1) is 9.92. The number of hydrogen-bond donors (Lipinski definition) is 4. The third-order valence-corrected chi connectivity index (χ3v) is 3.16. The van der Waals surface area contributed by atoms with E-state index in [1.54, 1.807) is 12.3 Å². The number of hydrogen-bond acceptors (Lipinski definition) is 7. The second-order valence-corrected chi connectivity index (χ2v) is 4.65. The summed E-state index contributed by atoms with van der Waals surface area (Å²) in [6, 6.07) is 0. The van der Waals surface area contributed by atoms with Crippen molar-refractivity contribution in [3.8, 4) is 0 Å². The van der Waals surface area contributed by atoms with Crippen molar-refractivity contribution in [1.29, 1.82) is 0 Å². The lowest BCUT2D eigenvalue weighted by molar-refractivity contribution is -0.0489. The van der Waals surface area contributed by atoms with E-state index in [1.165, 1.54) is 10.8 Å². The normalized spacial score (nSPS) is 24.8. The Morgan fingerprint density at radius 3 is 3.05 bits per heavy atom. The molecule has 116 valence electrons. The summed E-state index contributed by atoms with van der Waals surface area (Å²) in [6.45, 7) is 1.34. The predicted molar refractivity (Wildman–Crippen MR) is 69.3 cm³/mol. The minimum absolute atomic E-state index is 0.129. The van der Waals surface area contributed by atoms with Gasteiger partial charge < -0.3 is 14.6 Å². The molecule has 10 nitrogen and oxygen atoms in total. The van der Waals surface area contributed by atoms with Gasteiger partial charge in [0.25, 0.3) is 5.56 Å². The van der Waals surface area contributed by atoms with Crippen LogP contribution in [0.25, 0.3) is 0 Å². The number of rotatable bonds is 3. The van der Waals surface area contributed by atoms with Crippen LogP contribution in [0.15, 0.2) is 15.8 Å². The van der Waals surface area contributed by atoms with Gasteiger partial charge >= 0.3 is 11.8 Å². The van der Waals surface area contributed by atoms with Gasteiger partial charge in [0, 0.05) is 18.2 Å². The summed E-state index contributed by atoms with van der Waals surface area (Å²) in [6.07, 6.45) is -1.83. The molecule has 2 heterocycles. The van der Waals surface area contributed by atoms with E-state index < -0.39 is 35.8 Å². The van der Waals surface area contributed by atoms with Crippen molar-refractivity contribution in [3.63, 3.8) is 0 Å². The number of nitrogens with zero attached hydrogens (tertiary/aromatic N) is 1. The molecule has 0 bridgehead atoms. The SMILES string of the molecule is Cc1cn([C@H]2C[C@H](O)[C@@H](COC(=O)NN)O2)c(=O)[nH]c1=O. The molecular weight excluding hydrogens is 284 g/mol. The molecule has 1 aliphatic rings. The quantitative estimate of drug-likeness (QED) is 0.289. The molecule has 10 heteroatoms. The highest BCUT2D eigenvalue weighted by Crippen LogP contribution is 2.27. The number of amides is 1. The standard InChI is InChI=1S/C11H16N4O6/c1-5-3-15(10(18)13-9(5)17)8-2-6(16)7(21-8)4-20-11(19)14-12/h3,6-8,16H,2,4,12H2,1H3,(H,14,19)(H,13,17,18)/t6-,7+,8+/m0/s1. The zero-order chi connectivity index (χ0) is 15.6. The molecule has 1 aromatic rings. The summed E-state index contributed by atoms with van der Waals surface area (Å²) in [5, 5.41) is 9.87. The van der Waals surface area contributed by atoms with Gasteiger partial charge in [0.05, 0.1) is 6.10 Å². The first-order valence-electron chi connectivity index (χ1n) is 6.21. The van der Waals surface area contributed by atoms with Gasteiger partial charge in [0.1, 0.15) is 18.9 Å². The number of aromatic nitrogens is 2. The van der Waals surface area contributed by atoms with Crippen molar-refractivity contribution in [1.82, 2.24) is 15.0 Å². The molecule has 1 fully saturated rings. The molecule has 1 amide bonds. The van der Waals surface area contributed by atoms with E-state index in [2.05, 4.69) is 4.98 Å². The Kier molecular flexibility index (Phi) is 4.40. The molecule has 0 aromatic carbocycles. The number of aryl methyl sites for hydroxylation is 1. The Bertz CT molecular complexity index is 638. The number of H-pyrrole nitrogens is 1. The van der Waals surface area contributed by atoms with E-state index in [0.717, 1.165) is 0 Å². The number of aliphatic hydroxyl groups is 1. The molecule has 21 heavy (non-hydrogen) atoms. The number of nitrogens with two attached hydrogens (primary N) is 1. The summed E-state index contributed by atoms with van der Waals surface area (Å²) in [5.41, 5.74) is 1.01. The third kappa shape index (κ3) is 3.29. The van der Waals surface area contributed by atoms with Crippen molar-refractivity contribution in [2.45, 2.75) is 31.8 Å². The van der Waals surface area contributed by atoms with Crippen molar-refractivity contribution >= 4 is 6.09 Å². The van der Waals surface area contributed by atoms with E-state index >= 15 is 0 Å². The van der Waals surface area contributed by atoms with E-state index in [-0.39, 0.29) is 13.0 Å². The maximum atomic E-state index is 11.7. The van der Waals surface area contributed by atoms with E-state index in [0.29, 0.717) is 5.56 Å². The minimum atomic E-state index is -0.917. The molecule has 0 spiro atoms. The number of carbonyl (C=O) groups excluding carboxylic acids is 1. The number of nitrogens with one attached hydrogen (secondary N) is 2. The smallest absolute Gasteiger partial charge is 0.421 e. The highest BCUT2D eigenvalue weighted by molar-refractivity contribution is 5.66. The van der Waals surface area contributed by atoms with Crippen LogP contribution >= 0.6 is 0 Å². The van der Waals surface area contributed by atoms with Crippen LogP contribution in [-0.2, 0) is 9.47 Å². The fraction of sp³-hybridized carbons (Fsp3) is 0.545. The van der Waals surface area contributed by atoms with Gasteiger partial charge in [0.15, 0.2) is 0 Å². The van der Waals surface area contributed by atoms with Gasteiger partial charge in [-0.1, -0.05) is 0 Å². The van der Waals surface area contributed by atoms with E-state index in [9.17, 15) is 19.5 Å². The van der Waals surface area contributed by atoms with Gasteiger partial charge in [-0.3, -0.25) is 19.8 Å². The molecular formula is C11H16N4O6. The Morgan fingerprint density at radius 1 is 1.67 bits per heavy atom. The van der Waals surface area contributed by atoms with Gasteiger partial charge in [0.2, 0.25) is 0 Å². The lowest BCUT2D eigenvalue weighted by Crippen LogP contribution is -2.35. The fourth-order valence-electron chi connectivity index (χ4n) is 2.04. The Hall–Kier alpha value is -2.17. The summed E-state index contributed by atoms with van der Waals surface area (Å²) in [5.74, 6) is 4.85. The molecule has 1 aromatic heterocycles. The number of ether oxygens (including phenoxy) is 2. The van der Waals surface area contributed by atoms with E-state index in [1.807, 2.05) is 0 Å². The average molecular weight is 300 g/mol. The molecule has 0 radical (unpaired) electrons. The maximum Gasteiger partial charge on any atom is 0.421 e. The van der Waals surface area contributed by atoms with Crippen LogP contribution in [0, 0.1) is 6.92 Å². The molecule has 2 rings (SSSR count). The topological polar surface area (TPSA) is 149 Å². The molecule has 1 saturated heterocycles. The summed E-state index contributed by atoms with van der Waals surface area (Å²) < 4.78 is 11.4. The van der Waals surface area contributed by atoms with Crippen molar-refractivity contribution in [2.24, 2.45) is 5.84 Å². The zero-order valence-electron chi connectivity index (χ0n) is 11.2. The van der Waals surface area contributed by atoms with Gasteiger partial charge in [-0.15, -0.1) is 0 Å². The maximum absolute atomic E-state index is 11.7.